The average Bonchev–Trinajstić information content (AvgIpc) is 3.04. The highest BCUT2D eigenvalue weighted by molar-refractivity contribution is 7.88. The van der Waals surface area contributed by atoms with Gasteiger partial charge in [-0.2, -0.15) is 17.5 Å². The third-order valence-corrected chi connectivity index (χ3v) is 5.35. The summed E-state index contributed by atoms with van der Waals surface area (Å²) in [5.41, 5.74) is -1.57. The summed E-state index contributed by atoms with van der Waals surface area (Å²) in [6.45, 7) is 2.01. The molecule has 27 heavy (non-hydrogen) atoms. The van der Waals surface area contributed by atoms with Gasteiger partial charge < -0.3 is 10.6 Å². The van der Waals surface area contributed by atoms with Gasteiger partial charge in [-0.3, -0.25) is 9.59 Å². The van der Waals surface area contributed by atoms with Gasteiger partial charge in [0.15, 0.2) is 0 Å². The maximum absolute atomic E-state index is 13.1. The van der Waals surface area contributed by atoms with Gasteiger partial charge in [-0.1, -0.05) is 0 Å². The second-order valence-corrected chi connectivity index (χ2v) is 8.11. The Kier molecular flexibility index (Phi) is 6.15. The number of halogens is 3. The molecular formula is C16H20F3N3O4S. The van der Waals surface area contributed by atoms with Crippen molar-refractivity contribution in [2.24, 2.45) is 0 Å². The number of anilines is 1. The third-order valence-electron chi connectivity index (χ3n) is 4.06. The molecule has 0 saturated carbocycles. The van der Waals surface area contributed by atoms with Crippen LogP contribution in [0.3, 0.4) is 0 Å². The minimum Gasteiger partial charge on any atom is -0.352 e. The molecule has 1 aliphatic heterocycles. The Labute approximate surface area is 155 Å². The van der Waals surface area contributed by atoms with E-state index in [1.807, 2.05) is 0 Å². The number of benzene rings is 1. The number of carbonyl (C=O) groups is 2. The second-order valence-electron chi connectivity index (χ2n) is 6.18. The quantitative estimate of drug-likeness (QED) is 0.778. The number of amides is 2. The van der Waals surface area contributed by atoms with E-state index < -0.39 is 39.6 Å². The van der Waals surface area contributed by atoms with E-state index in [1.54, 1.807) is 6.92 Å². The number of alkyl halides is 3. The van der Waals surface area contributed by atoms with Crippen LogP contribution in [0.25, 0.3) is 0 Å². The van der Waals surface area contributed by atoms with Gasteiger partial charge in [-0.25, -0.2) is 8.42 Å². The largest absolute Gasteiger partial charge is 0.416 e. The number of rotatable bonds is 5. The Balaban J connectivity index is 2.33. The van der Waals surface area contributed by atoms with Crippen LogP contribution in [-0.2, 0) is 21.0 Å². The highest BCUT2D eigenvalue weighted by Gasteiger charge is 2.37. The fourth-order valence-corrected chi connectivity index (χ4v) is 4.01. The molecule has 2 N–H and O–H groups in total. The molecule has 7 nitrogen and oxygen atoms in total. The van der Waals surface area contributed by atoms with Gasteiger partial charge in [0.25, 0.3) is 5.91 Å². The van der Waals surface area contributed by atoms with Crippen LogP contribution >= 0.6 is 0 Å². The Morgan fingerprint density at radius 2 is 1.93 bits per heavy atom. The normalized spacial score (nSPS) is 18.3. The standard InChI is InChI=1S/C16H20F3N3O4S/c1-3-20-14(23)10-7-11(16(17,18)19)9-12(8-10)21-15(24)13-5-4-6-22(13)27(2,25)26/h7-9,13H,3-6H2,1-2H3,(H,20,23)(H,21,24)/t13-/m0/s1. The van der Waals surface area contributed by atoms with Gasteiger partial charge in [-0.05, 0) is 38.0 Å². The molecule has 0 spiro atoms. The molecule has 1 fully saturated rings. The minimum absolute atomic E-state index is 0.170. The molecule has 1 saturated heterocycles. The van der Waals surface area contributed by atoms with E-state index >= 15 is 0 Å². The van der Waals surface area contributed by atoms with E-state index in [1.165, 1.54) is 0 Å². The Hall–Kier alpha value is -2.14. The third kappa shape index (κ3) is 5.19. The number of hydrogen-bond donors (Lipinski definition) is 2. The van der Waals surface area contributed by atoms with Crippen molar-refractivity contribution in [3.8, 4) is 0 Å². The lowest BCUT2D eigenvalue weighted by Gasteiger charge is -2.21. The average molecular weight is 407 g/mol. The first-order valence-corrected chi connectivity index (χ1v) is 10.1. The summed E-state index contributed by atoms with van der Waals surface area (Å²) >= 11 is 0. The van der Waals surface area contributed by atoms with Crippen molar-refractivity contribution in [2.45, 2.75) is 32.0 Å². The van der Waals surface area contributed by atoms with Crippen LogP contribution in [0, 0.1) is 0 Å². The van der Waals surface area contributed by atoms with Crippen molar-refractivity contribution in [3.63, 3.8) is 0 Å². The van der Waals surface area contributed by atoms with Gasteiger partial charge in [0.1, 0.15) is 6.04 Å². The Morgan fingerprint density at radius 3 is 2.48 bits per heavy atom. The van der Waals surface area contributed by atoms with Crippen molar-refractivity contribution >= 4 is 27.5 Å². The molecule has 0 unspecified atom stereocenters. The highest BCUT2D eigenvalue weighted by Crippen LogP contribution is 2.32. The molecule has 0 radical (unpaired) electrons. The molecule has 1 atom stereocenters. The summed E-state index contributed by atoms with van der Waals surface area (Å²) in [7, 11) is -3.62. The first-order chi connectivity index (χ1) is 12.4. The molecule has 1 aliphatic rings. The van der Waals surface area contributed by atoms with Gasteiger partial charge in [0.2, 0.25) is 15.9 Å². The van der Waals surface area contributed by atoms with Gasteiger partial charge >= 0.3 is 6.18 Å². The molecular weight excluding hydrogens is 387 g/mol. The fourth-order valence-electron chi connectivity index (χ4n) is 2.88. The Bertz CT molecular complexity index is 840. The molecule has 2 amide bonds. The summed E-state index contributed by atoms with van der Waals surface area (Å²) in [6.07, 6.45) is -3.01. The van der Waals surface area contributed by atoms with Crippen molar-refractivity contribution in [1.29, 1.82) is 0 Å². The summed E-state index contributed by atoms with van der Waals surface area (Å²) in [5.74, 6) is -1.45. The van der Waals surface area contributed by atoms with Crippen LogP contribution < -0.4 is 10.6 Å². The number of sulfonamides is 1. The lowest BCUT2D eigenvalue weighted by atomic mass is 10.1. The van der Waals surface area contributed by atoms with E-state index in [0.717, 1.165) is 16.6 Å². The van der Waals surface area contributed by atoms with E-state index in [-0.39, 0.29) is 30.8 Å². The van der Waals surface area contributed by atoms with E-state index in [2.05, 4.69) is 10.6 Å². The minimum atomic E-state index is -4.71. The van der Waals surface area contributed by atoms with E-state index in [4.69, 9.17) is 0 Å². The first kappa shape index (κ1) is 21.2. The molecule has 1 aromatic carbocycles. The monoisotopic (exact) mass is 407 g/mol. The summed E-state index contributed by atoms with van der Waals surface area (Å²) in [5, 5.41) is 4.71. The molecule has 0 bridgehead atoms. The lowest BCUT2D eigenvalue weighted by Crippen LogP contribution is -2.42. The molecule has 0 aliphatic carbocycles. The maximum Gasteiger partial charge on any atom is 0.416 e. The van der Waals surface area contributed by atoms with Crippen molar-refractivity contribution in [2.75, 3.05) is 24.7 Å². The summed E-state index contributed by atoms with van der Waals surface area (Å²) < 4.78 is 63.9. The maximum atomic E-state index is 13.1. The van der Waals surface area contributed by atoms with Crippen molar-refractivity contribution in [3.05, 3.63) is 29.3 Å². The van der Waals surface area contributed by atoms with Crippen LogP contribution in [0.5, 0.6) is 0 Å². The van der Waals surface area contributed by atoms with Crippen molar-refractivity contribution in [1.82, 2.24) is 9.62 Å². The number of hydrogen-bond acceptors (Lipinski definition) is 4. The van der Waals surface area contributed by atoms with Crippen LogP contribution in [0.1, 0.15) is 35.7 Å². The van der Waals surface area contributed by atoms with Crippen LogP contribution in [0.15, 0.2) is 18.2 Å². The molecule has 1 aromatic rings. The number of carbonyl (C=O) groups excluding carboxylic acids is 2. The van der Waals surface area contributed by atoms with Crippen molar-refractivity contribution < 1.29 is 31.2 Å². The zero-order valence-electron chi connectivity index (χ0n) is 14.8. The predicted molar refractivity (Wildman–Crippen MR) is 92.7 cm³/mol. The molecule has 11 heteroatoms. The zero-order valence-corrected chi connectivity index (χ0v) is 15.6. The van der Waals surface area contributed by atoms with Gasteiger partial charge in [-0.15, -0.1) is 0 Å². The first-order valence-electron chi connectivity index (χ1n) is 8.21. The molecule has 2 rings (SSSR count). The highest BCUT2D eigenvalue weighted by atomic mass is 32.2. The van der Waals surface area contributed by atoms with Crippen LogP contribution in [-0.4, -0.2) is 49.9 Å². The fraction of sp³-hybridized carbons (Fsp3) is 0.500. The lowest BCUT2D eigenvalue weighted by molar-refractivity contribution is -0.137. The van der Waals surface area contributed by atoms with E-state index in [9.17, 15) is 31.2 Å². The van der Waals surface area contributed by atoms with Gasteiger partial charge in [0.05, 0.1) is 11.8 Å². The summed E-state index contributed by atoms with van der Waals surface area (Å²) in [6, 6.07) is 1.53. The molecule has 0 aromatic heterocycles. The SMILES string of the molecule is CCNC(=O)c1cc(NC(=O)[C@@H]2CCCN2S(C)(=O)=O)cc(C(F)(F)F)c1. The van der Waals surface area contributed by atoms with Crippen LogP contribution in [0.2, 0.25) is 0 Å². The summed E-state index contributed by atoms with van der Waals surface area (Å²) in [4.78, 5) is 24.4. The predicted octanol–water partition coefficient (Wildman–Crippen LogP) is 1.82. The number of nitrogens with zero attached hydrogens (tertiary/aromatic N) is 1. The molecule has 150 valence electrons. The second kappa shape index (κ2) is 7.85. The Morgan fingerprint density at radius 1 is 1.26 bits per heavy atom. The van der Waals surface area contributed by atoms with E-state index in [0.29, 0.717) is 18.6 Å². The topological polar surface area (TPSA) is 95.6 Å². The van der Waals surface area contributed by atoms with Crippen LogP contribution in [0.4, 0.5) is 18.9 Å². The van der Waals surface area contributed by atoms with Gasteiger partial charge in [0, 0.05) is 24.3 Å². The smallest absolute Gasteiger partial charge is 0.352 e. The number of nitrogens with one attached hydrogen (secondary N) is 2. The molecule has 1 heterocycles. The zero-order chi connectivity index (χ0) is 20.4.